The van der Waals surface area contributed by atoms with Crippen molar-refractivity contribution in [3.05, 3.63) is 29.8 Å². The van der Waals surface area contributed by atoms with Gasteiger partial charge in [-0.05, 0) is 37.4 Å². The first kappa shape index (κ1) is 11.9. The monoisotopic (exact) mass is 233 g/mol. The van der Waals surface area contributed by atoms with Gasteiger partial charge in [-0.1, -0.05) is 12.1 Å². The highest BCUT2D eigenvalue weighted by molar-refractivity contribution is 5.98. The van der Waals surface area contributed by atoms with E-state index in [1.807, 2.05) is 18.2 Å². The van der Waals surface area contributed by atoms with Gasteiger partial charge in [-0.3, -0.25) is 4.79 Å². The Balaban J connectivity index is 2.15. The number of carbonyl (C=O) groups is 1. The fourth-order valence-electron chi connectivity index (χ4n) is 2.37. The van der Waals surface area contributed by atoms with Crippen molar-refractivity contribution in [3.8, 4) is 0 Å². The van der Waals surface area contributed by atoms with Crippen LogP contribution in [0.15, 0.2) is 24.3 Å². The van der Waals surface area contributed by atoms with Gasteiger partial charge in [-0.2, -0.15) is 0 Å². The third kappa shape index (κ3) is 2.58. The third-order valence-electron chi connectivity index (χ3n) is 3.46. The molecule has 1 aliphatic heterocycles. The van der Waals surface area contributed by atoms with E-state index in [1.54, 1.807) is 6.07 Å². The average Bonchev–Trinajstić information content (AvgIpc) is 2.39. The Bertz CT molecular complexity index is 397. The highest BCUT2D eigenvalue weighted by atomic mass is 16.1. The molecule has 1 aliphatic rings. The van der Waals surface area contributed by atoms with Crippen molar-refractivity contribution in [2.75, 3.05) is 24.5 Å². The lowest BCUT2D eigenvalue weighted by molar-refractivity contribution is 0.100. The van der Waals surface area contributed by atoms with Crippen LogP contribution in [0.1, 0.15) is 23.2 Å². The topological polar surface area (TPSA) is 72.3 Å². The number of anilines is 1. The van der Waals surface area contributed by atoms with Crippen LogP contribution in [-0.2, 0) is 0 Å². The molecule has 1 amide bonds. The van der Waals surface area contributed by atoms with Crippen LogP contribution < -0.4 is 16.4 Å². The van der Waals surface area contributed by atoms with E-state index in [1.165, 1.54) is 0 Å². The fourth-order valence-corrected chi connectivity index (χ4v) is 2.37. The highest BCUT2D eigenvalue weighted by Crippen LogP contribution is 2.25. The maximum atomic E-state index is 11.4. The normalized spacial score (nSPS) is 17.1. The number of primary amides is 1. The summed E-state index contributed by atoms with van der Waals surface area (Å²) in [7, 11) is 0. The number of nitrogens with zero attached hydrogens (tertiary/aromatic N) is 1. The number of amides is 1. The highest BCUT2D eigenvalue weighted by Gasteiger charge is 2.20. The van der Waals surface area contributed by atoms with E-state index < -0.39 is 0 Å². The van der Waals surface area contributed by atoms with Gasteiger partial charge in [0.05, 0.1) is 5.56 Å². The number of piperidine rings is 1. The zero-order valence-electron chi connectivity index (χ0n) is 9.93. The predicted octanol–water partition coefficient (Wildman–Crippen LogP) is 0.961. The number of rotatable bonds is 3. The smallest absolute Gasteiger partial charge is 0.250 e. The zero-order chi connectivity index (χ0) is 12.3. The standard InChI is InChI=1S/C13H19N3O/c14-9-10-5-7-16(8-6-10)12-4-2-1-3-11(12)13(15)17/h1-4,10H,5-9,14H2,(H2,15,17). The second-order valence-corrected chi connectivity index (χ2v) is 4.55. The number of benzene rings is 1. The van der Waals surface area contributed by atoms with Crippen LogP contribution in [0.3, 0.4) is 0 Å². The minimum absolute atomic E-state index is 0.360. The van der Waals surface area contributed by atoms with Crippen LogP contribution in [0.2, 0.25) is 0 Å². The summed E-state index contributed by atoms with van der Waals surface area (Å²) in [6.07, 6.45) is 2.17. The quantitative estimate of drug-likeness (QED) is 0.816. The van der Waals surface area contributed by atoms with Crippen molar-refractivity contribution < 1.29 is 4.79 Å². The summed E-state index contributed by atoms with van der Waals surface area (Å²) in [5.41, 5.74) is 12.6. The molecule has 0 aliphatic carbocycles. The molecule has 4 nitrogen and oxygen atoms in total. The largest absolute Gasteiger partial charge is 0.371 e. The van der Waals surface area contributed by atoms with Crippen LogP contribution in [0, 0.1) is 5.92 Å². The van der Waals surface area contributed by atoms with Gasteiger partial charge in [0, 0.05) is 18.8 Å². The average molecular weight is 233 g/mol. The van der Waals surface area contributed by atoms with E-state index in [4.69, 9.17) is 11.5 Å². The summed E-state index contributed by atoms with van der Waals surface area (Å²) < 4.78 is 0. The van der Waals surface area contributed by atoms with E-state index in [0.29, 0.717) is 11.5 Å². The first-order valence-electron chi connectivity index (χ1n) is 6.06. The van der Waals surface area contributed by atoms with Crippen LogP contribution in [0.4, 0.5) is 5.69 Å². The molecule has 1 aromatic rings. The fraction of sp³-hybridized carbons (Fsp3) is 0.462. The molecule has 92 valence electrons. The molecular formula is C13H19N3O. The van der Waals surface area contributed by atoms with Crippen molar-refractivity contribution in [2.45, 2.75) is 12.8 Å². The number of nitrogens with two attached hydrogens (primary N) is 2. The van der Waals surface area contributed by atoms with Gasteiger partial charge in [-0.15, -0.1) is 0 Å². The van der Waals surface area contributed by atoms with Crippen LogP contribution in [0.25, 0.3) is 0 Å². The Morgan fingerprint density at radius 1 is 1.29 bits per heavy atom. The zero-order valence-corrected chi connectivity index (χ0v) is 9.93. The lowest BCUT2D eigenvalue weighted by atomic mass is 9.96. The lowest BCUT2D eigenvalue weighted by Crippen LogP contribution is -2.37. The Labute approximate surface area is 102 Å². The molecule has 0 spiro atoms. The molecule has 1 fully saturated rings. The van der Waals surface area contributed by atoms with Gasteiger partial charge in [0.15, 0.2) is 0 Å². The van der Waals surface area contributed by atoms with E-state index in [2.05, 4.69) is 4.90 Å². The van der Waals surface area contributed by atoms with Gasteiger partial charge in [0.1, 0.15) is 0 Å². The van der Waals surface area contributed by atoms with E-state index in [9.17, 15) is 4.79 Å². The lowest BCUT2D eigenvalue weighted by Gasteiger charge is -2.33. The predicted molar refractivity (Wildman–Crippen MR) is 69.0 cm³/mol. The Morgan fingerprint density at radius 3 is 2.53 bits per heavy atom. The third-order valence-corrected chi connectivity index (χ3v) is 3.46. The van der Waals surface area contributed by atoms with Crippen molar-refractivity contribution in [3.63, 3.8) is 0 Å². The molecule has 0 atom stereocenters. The van der Waals surface area contributed by atoms with Gasteiger partial charge < -0.3 is 16.4 Å². The van der Waals surface area contributed by atoms with E-state index in [-0.39, 0.29) is 5.91 Å². The minimum atomic E-state index is -0.360. The number of hydrogen-bond donors (Lipinski definition) is 2. The molecule has 1 aromatic carbocycles. The summed E-state index contributed by atoms with van der Waals surface area (Å²) in [4.78, 5) is 13.6. The maximum Gasteiger partial charge on any atom is 0.250 e. The molecule has 0 aromatic heterocycles. The molecule has 4 N–H and O–H groups in total. The van der Waals surface area contributed by atoms with Crippen molar-refractivity contribution >= 4 is 11.6 Å². The first-order valence-corrected chi connectivity index (χ1v) is 6.06. The maximum absolute atomic E-state index is 11.4. The summed E-state index contributed by atoms with van der Waals surface area (Å²) in [5.74, 6) is 0.258. The number of hydrogen-bond acceptors (Lipinski definition) is 3. The molecule has 17 heavy (non-hydrogen) atoms. The van der Waals surface area contributed by atoms with Gasteiger partial charge >= 0.3 is 0 Å². The van der Waals surface area contributed by atoms with E-state index >= 15 is 0 Å². The summed E-state index contributed by atoms with van der Waals surface area (Å²) in [6, 6.07) is 7.53. The molecule has 1 saturated heterocycles. The minimum Gasteiger partial charge on any atom is -0.371 e. The Morgan fingerprint density at radius 2 is 1.94 bits per heavy atom. The Kier molecular flexibility index (Phi) is 3.64. The molecule has 2 rings (SSSR count). The Hall–Kier alpha value is -1.55. The summed E-state index contributed by atoms with van der Waals surface area (Å²) >= 11 is 0. The van der Waals surface area contributed by atoms with Crippen LogP contribution in [-0.4, -0.2) is 25.5 Å². The second kappa shape index (κ2) is 5.19. The molecule has 0 unspecified atom stereocenters. The molecule has 0 saturated carbocycles. The van der Waals surface area contributed by atoms with Gasteiger partial charge in [0.25, 0.3) is 5.91 Å². The van der Waals surface area contributed by atoms with Gasteiger partial charge in [0.2, 0.25) is 0 Å². The number of carbonyl (C=O) groups excluding carboxylic acids is 1. The van der Waals surface area contributed by atoms with Crippen molar-refractivity contribution in [2.24, 2.45) is 17.4 Å². The second-order valence-electron chi connectivity index (χ2n) is 4.55. The summed E-state index contributed by atoms with van der Waals surface area (Å²) in [5, 5.41) is 0. The molecular weight excluding hydrogens is 214 g/mol. The molecule has 1 heterocycles. The molecule has 4 heteroatoms. The SMILES string of the molecule is NCC1CCN(c2ccccc2C(N)=O)CC1. The van der Waals surface area contributed by atoms with Crippen LogP contribution in [0.5, 0.6) is 0 Å². The first-order chi connectivity index (χ1) is 8.22. The molecule has 0 bridgehead atoms. The summed E-state index contributed by atoms with van der Waals surface area (Å²) in [6.45, 7) is 2.66. The van der Waals surface area contributed by atoms with Crippen molar-refractivity contribution in [1.82, 2.24) is 0 Å². The van der Waals surface area contributed by atoms with Gasteiger partial charge in [-0.25, -0.2) is 0 Å². The number of para-hydroxylation sites is 1. The van der Waals surface area contributed by atoms with Crippen molar-refractivity contribution in [1.29, 1.82) is 0 Å². The molecule has 0 radical (unpaired) electrons. The van der Waals surface area contributed by atoms with Crippen LogP contribution >= 0.6 is 0 Å². The van der Waals surface area contributed by atoms with E-state index in [0.717, 1.165) is 38.2 Å².